The Bertz CT molecular complexity index is 604. The van der Waals surface area contributed by atoms with E-state index >= 15 is 0 Å². The maximum Gasteiger partial charge on any atom is 0.263 e. The van der Waals surface area contributed by atoms with Crippen LogP contribution in [0.3, 0.4) is 0 Å². The molecule has 1 aromatic heterocycles. The van der Waals surface area contributed by atoms with Crippen molar-refractivity contribution in [1.82, 2.24) is 15.1 Å². The predicted octanol–water partition coefficient (Wildman–Crippen LogP) is 2.22. The summed E-state index contributed by atoms with van der Waals surface area (Å²) in [5.74, 6) is 0.264. The summed E-state index contributed by atoms with van der Waals surface area (Å²) in [5, 5.41) is 5.01. The molecule has 2 unspecified atom stereocenters. The van der Waals surface area contributed by atoms with Gasteiger partial charge in [0.2, 0.25) is 5.91 Å². The van der Waals surface area contributed by atoms with E-state index in [4.69, 9.17) is 4.74 Å². The molecule has 2 saturated heterocycles. The molecule has 2 atom stereocenters. The molecule has 7 heteroatoms. The summed E-state index contributed by atoms with van der Waals surface area (Å²) in [4.78, 5) is 29.8. The molecule has 2 fully saturated rings. The number of morpholine rings is 1. The van der Waals surface area contributed by atoms with Crippen LogP contribution in [0, 0.1) is 5.92 Å². The zero-order chi connectivity index (χ0) is 19.2. The number of amides is 2. The van der Waals surface area contributed by atoms with Gasteiger partial charge in [-0.05, 0) is 44.6 Å². The number of hydrogen-bond donors (Lipinski definition) is 1. The van der Waals surface area contributed by atoms with Crippen molar-refractivity contribution in [2.24, 2.45) is 5.92 Å². The molecule has 0 aromatic carbocycles. The fourth-order valence-electron chi connectivity index (χ4n) is 4.03. The van der Waals surface area contributed by atoms with E-state index in [2.05, 4.69) is 24.1 Å². The van der Waals surface area contributed by atoms with Gasteiger partial charge in [-0.2, -0.15) is 0 Å². The van der Waals surface area contributed by atoms with Crippen LogP contribution in [0.1, 0.15) is 42.8 Å². The third-order valence-electron chi connectivity index (χ3n) is 5.33. The SMILES string of the molecule is CC1CN(CCCNC(=O)C2CCN(C(=O)c3cccs3)CC2)CC(C)O1. The van der Waals surface area contributed by atoms with E-state index in [0.717, 1.165) is 43.8 Å². The van der Waals surface area contributed by atoms with Crippen molar-refractivity contribution in [2.45, 2.75) is 45.3 Å². The summed E-state index contributed by atoms with van der Waals surface area (Å²) in [6.45, 7) is 9.19. The first-order valence-corrected chi connectivity index (χ1v) is 10.9. The minimum absolute atomic E-state index is 0.0285. The Morgan fingerprint density at radius 3 is 2.56 bits per heavy atom. The van der Waals surface area contributed by atoms with Gasteiger partial charge in [-0.3, -0.25) is 14.5 Å². The van der Waals surface area contributed by atoms with Crippen LogP contribution in [-0.4, -0.2) is 73.1 Å². The van der Waals surface area contributed by atoms with Gasteiger partial charge in [-0.25, -0.2) is 0 Å². The molecule has 2 aliphatic rings. The highest BCUT2D eigenvalue weighted by atomic mass is 32.1. The second-order valence-corrected chi connectivity index (χ2v) is 8.65. The zero-order valence-corrected chi connectivity index (χ0v) is 17.2. The van der Waals surface area contributed by atoms with Crippen molar-refractivity contribution in [3.8, 4) is 0 Å². The minimum Gasteiger partial charge on any atom is -0.373 e. The molecule has 0 spiro atoms. The Morgan fingerprint density at radius 2 is 1.93 bits per heavy atom. The molecule has 2 amide bonds. The first kappa shape index (κ1) is 20.3. The zero-order valence-electron chi connectivity index (χ0n) is 16.4. The summed E-state index contributed by atoms with van der Waals surface area (Å²) < 4.78 is 5.75. The summed E-state index contributed by atoms with van der Waals surface area (Å²) in [6, 6.07) is 3.76. The number of thiophene rings is 1. The molecule has 6 nitrogen and oxygen atoms in total. The van der Waals surface area contributed by atoms with Crippen LogP contribution in [0.4, 0.5) is 0 Å². The quantitative estimate of drug-likeness (QED) is 0.753. The largest absolute Gasteiger partial charge is 0.373 e. The van der Waals surface area contributed by atoms with E-state index in [-0.39, 0.29) is 29.9 Å². The Labute approximate surface area is 165 Å². The standard InChI is InChI=1S/C20H31N3O3S/c1-15-13-22(14-16(2)26-15)9-4-8-21-19(24)17-6-10-23(11-7-17)20(25)18-5-3-12-27-18/h3,5,12,15-17H,4,6-11,13-14H2,1-2H3,(H,21,24). The Balaban J connectivity index is 1.32. The highest BCUT2D eigenvalue weighted by molar-refractivity contribution is 7.12. The fourth-order valence-corrected chi connectivity index (χ4v) is 4.72. The molecule has 0 aliphatic carbocycles. The topological polar surface area (TPSA) is 61.9 Å². The number of rotatable bonds is 6. The smallest absolute Gasteiger partial charge is 0.263 e. The number of nitrogens with one attached hydrogen (secondary N) is 1. The van der Waals surface area contributed by atoms with E-state index in [1.807, 2.05) is 22.4 Å². The monoisotopic (exact) mass is 393 g/mol. The van der Waals surface area contributed by atoms with Crippen LogP contribution in [0.25, 0.3) is 0 Å². The molecular weight excluding hydrogens is 362 g/mol. The summed E-state index contributed by atoms with van der Waals surface area (Å²) >= 11 is 1.47. The van der Waals surface area contributed by atoms with Gasteiger partial charge < -0.3 is 15.0 Å². The van der Waals surface area contributed by atoms with Gasteiger partial charge in [0.25, 0.3) is 5.91 Å². The highest BCUT2D eigenvalue weighted by Gasteiger charge is 2.28. The van der Waals surface area contributed by atoms with E-state index in [0.29, 0.717) is 19.6 Å². The van der Waals surface area contributed by atoms with Crippen LogP contribution in [0.15, 0.2) is 17.5 Å². The predicted molar refractivity (Wildman–Crippen MR) is 107 cm³/mol. The van der Waals surface area contributed by atoms with E-state index in [1.54, 1.807) is 0 Å². The van der Waals surface area contributed by atoms with Gasteiger partial charge in [-0.1, -0.05) is 6.07 Å². The lowest BCUT2D eigenvalue weighted by Crippen LogP contribution is -2.46. The second kappa shape index (κ2) is 9.66. The molecule has 3 rings (SSSR count). The van der Waals surface area contributed by atoms with Crippen LogP contribution in [-0.2, 0) is 9.53 Å². The molecule has 1 aromatic rings. The third kappa shape index (κ3) is 5.77. The molecule has 0 saturated carbocycles. The summed E-state index contributed by atoms with van der Waals surface area (Å²) in [7, 11) is 0. The van der Waals surface area contributed by atoms with E-state index in [9.17, 15) is 9.59 Å². The molecule has 150 valence electrons. The maximum atomic E-state index is 12.4. The number of nitrogens with zero attached hydrogens (tertiary/aromatic N) is 2. The van der Waals surface area contributed by atoms with Crippen LogP contribution in [0.2, 0.25) is 0 Å². The normalized spacial score (nSPS) is 24.7. The molecule has 1 N–H and O–H groups in total. The van der Waals surface area contributed by atoms with Crippen molar-refractivity contribution in [1.29, 1.82) is 0 Å². The molecule has 0 bridgehead atoms. The van der Waals surface area contributed by atoms with Crippen molar-refractivity contribution < 1.29 is 14.3 Å². The lowest BCUT2D eigenvalue weighted by Gasteiger charge is -2.35. The van der Waals surface area contributed by atoms with Crippen molar-refractivity contribution in [3.63, 3.8) is 0 Å². The summed E-state index contributed by atoms with van der Waals surface area (Å²) in [6.07, 6.45) is 3.03. The van der Waals surface area contributed by atoms with Crippen molar-refractivity contribution in [3.05, 3.63) is 22.4 Å². The van der Waals surface area contributed by atoms with E-state index in [1.165, 1.54) is 11.3 Å². The van der Waals surface area contributed by atoms with Gasteiger partial charge in [0.1, 0.15) is 0 Å². The van der Waals surface area contributed by atoms with Crippen molar-refractivity contribution in [2.75, 3.05) is 39.3 Å². The molecular formula is C20H31N3O3S. The number of carbonyl (C=O) groups excluding carboxylic acids is 2. The van der Waals surface area contributed by atoms with Crippen LogP contribution >= 0.6 is 11.3 Å². The molecule has 2 aliphatic heterocycles. The Kier molecular flexibility index (Phi) is 7.26. The molecule has 0 radical (unpaired) electrons. The first-order valence-electron chi connectivity index (χ1n) is 10.0. The lowest BCUT2D eigenvalue weighted by atomic mass is 9.95. The van der Waals surface area contributed by atoms with Gasteiger partial charge in [0, 0.05) is 45.2 Å². The first-order chi connectivity index (χ1) is 13.0. The Morgan fingerprint density at radius 1 is 1.22 bits per heavy atom. The molecule has 27 heavy (non-hydrogen) atoms. The minimum atomic E-state index is 0.0285. The van der Waals surface area contributed by atoms with Gasteiger partial charge in [0.15, 0.2) is 0 Å². The number of ether oxygens (including phenoxy) is 1. The maximum absolute atomic E-state index is 12.4. The summed E-state index contributed by atoms with van der Waals surface area (Å²) in [5.41, 5.74) is 0. The van der Waals surface area contributed by atoms with Crippen LogP contribution < -0.4 is 5.32 Å². The lowest BCUT2D eigenvalue weighted by molar-refractivity contribution is -0.126. The van der Waals surface area contributed by atoms with E-state index < -0.39 is 0 Å². The number of piperidine rings is 1. The average molecular weight is 394 g/mol. The molecule has 3 heterocycles. The Hall–Kier alpha value is -1.44. The highest BCUT2D eigenvalue weighted by Crippen LogP contribution is 2.21. The third-order valence-corrected chi connectivity index (χ3v) is 6.19. The number of carbonyl (C=O) groups is 2. The fraction of sp³-hybridized carbons (Fsp3) is 0.700. The van der Waals surface area contributed by atoms with Gasteiger partial charge in [-0.15, -0.1) is 11.3 Å². The number of likely N-dealkylation sites (tertiary alicyclic amines) is 1. The van der Waals surface area contributed by atoms with Gasteiger partial charge >= 0.3 is 0 Å². The van der Waals surface area contributed by atoms with Crippen LogP contribution in [0.5, 0.6) is 0 Å². The number of hydrogen-bond acceptors (Lipinski definition) is 5. The second-order valence-electron chi connectivity index (χ2n) is 7.71. The average Bonchev–Trinajstić information content (AvgIpc) is 3.18. The van der Waals surface area contributed by atoms with Gasteiger partial charge in [0.05, 0.1) is 17.1 Å². The van der Waals surface area contributed by atoms with Crippen molar-refractivity contribution >= 4 is 23.2 Å².